The summed E-state index contributed by atoms with van der Waals surface area (Å²) in [6, 6.07) is 27.2. The molecule has 0 unspecified atom stereocenters. The number of amides is 1. The Morgan fingerprint density at radius 1 is 0.970 bits per heavy atom. The highest BCUT2D eigenvalue weighted by Crippen LogP contribution is 2.27. The van der Waals surface area contributed by atoms with Crippen molar-refractivity contribution in [3.8, 4) is 10.6 Å². The van der Waals surface area contributed by atoms with E-state index in [0.717, 1.165) is 27.1 Å². The van der Waals surface area contributed by atoms with Crippen LogP contribution in [0.4, 0.5) is 5.13 Å². The van der Waals surface area contributed by atoms with E-state index in [9.17, 15) is 4.79 Å². The normalized spacial score (nSPS) is 11.6. The van der Waals surface area contributed by atoms with E-state index in [2.05, 4.69) is 20.5 Å². The molecule has 162 valence electrons. The molecule has 6 nitrogen and oxygen atoms in total. The molecule has 3 aromatic carbocycles. The lowest BCUT2D eigenvalue weighted by atomic mass is 10.1. The number of benzene rings is 3. The largest absolute Gasteiger partial charge is 0.438 e. The molecule has 0 aliphatic carbocycles. The molecule has 0 fully saturated rings. The predicted octanol–water partition coefficient (Wildman–Crippen LogP) is 5.61. The number of hydrogen-bond acceptors (Lipinski definition) is 6. The molecule has 5 aromatic rings. The van der Waals surface area contributed by atoms with Gasteiger partial charge in [-0.1, -0.05) is 83.6 Å². The highest BCUT2D eigenvalue weighted by molar-refractivity contribution is 7.18. The molecular formula is C26H20N4O2S. The molecule has 0 saturated heterocycles. The quantitative estimate of drug-likeness (QED) is 0.376. The fourth-order valence-electron chi connectivity index (χ4n) is 3.43. The fraction of sp³-hybridized carbons (Fsp3) is 0.0769. The number of anilines is 1. The van der Waals surface area contributed by atoms with Gasteiger partial charge in [0.15, 0.2) is 0 Å². The summed E-state index contributed by atoms with van der Waals surface area (Å²) in [6.45, 7) is 2.43. The molecule has 2 heterocycles. The Bertz CT molecular complexity index is 1510. The van der Waals surface area contributed by atoms with Gasteiger partial charge in [-0.2, -0.15) is 0 Å². The Labute approximate surface area is 194 Å². The third kappa shape index (κ3) is 4.73. The van der Waals surface area contributed by atoms with Crippen LogP contribution in [0.5, 0.6) is 0 Å². The van der Waals surface area contributed by atoms with Gasteiger partial charge in [-0.15, -0.1) is 10.2 Å². The first-order valence-corrected chi connectivity index (χ1v) is 11.3. The first-order valence-electron chi connectivity index (χ1n) is 10.4. The monoisotopic (exact) mass is 452 g/mol. The van der Waals surface area contributed by atoms with Crippen LogP contribution in [0.2, 0.25) is 0 Å². The van der Waals surface area contributed by atoms with Crippen molar-refractivity contribution < 1.29 is 9.21 Å². The van der Waals surface area contributed by atoms with Crippen molar-refractivity contribution in [3.63, 3.8) is 0 Å². The first kappa shape index (κ1) is 20.8. The molecule has 5 rings (SSSR count). The molecule has 0 saturated carbocycles. The van der Waals surface area contributed by atoms with E-state index in [4.69, 9.17) is 4.42 Å². The molecule has 1 amide bonds. The molecule has 0 atom stereocenters. The van der Waals surface area contributed by atoms with E-state index in [1.54, 1.807) is 6.07 Å². The lowest BCUT2D eigenvalue weighted by Gasteiger charge is -2.05. The number of fused-ring (bicyclic) bond motifs is 1. The zero-order valence-corrected chi connectivity index (χ0v) is 18.7. The van der Waals surface area contributed by atoms with Crippen molar-refractivity contribution in [3.05, 3.63) is 107 Å². The standard InChI is InChI=1S/C26H20N4O2S/c1-17-8-7-12-20(14-17)25-29-30-26(33-25)28-23(31)21-15-19-11-5-6-13-22(19)32-24(21)27-16-18-9-3-2-4-10-18/h2-15H,16H2,1H3,(H,28,30,31). The van der Waals surface area contributed by atoms with Gasteiger partial charge in [-0.25, -0.2) is 4.99 Å². The minimum absolute atomic E-state index is 0.276. The Kier molecular flexibility index (Phi) is 5.78. The van der Waals surface area contributed by atoms with E-state index >= 15 is 0 Å². The van der Waals surface area contributed by atoms with Crippen molar-refractivity contribution in [1.29, 1.82) is 0 Å². The van der Waals surface area contributed by atoms with Crippen LogP contribution in [0.3, 0.4) is 0 Å². The average molecular weight is 453 g/mol. The summed E-state index contributed by atoms with van der Waals surface area (Å²) in [4.78, 5) is 17.8. The van der Waals surface area contributed by atoms with Crippen LogP contribution < -0.4 is 10.9 Å². The maximum Gasteiger partial charge on any atom is 0.263 e. The van der Waals surface area contributed by atoms with Gasteiger partial charge in [-0.05, 0) is 30.7 Å². The second-order valence-corrected chi connectivity index (χ2v) is 8.52. The van der Waals surface area contributed by atoms with E-state index in [0.29, 0.717) is 22.8 Å². The van der Waals surface area contributed by atoms with Crippen LogP contribution in [-0.2, 0) is 6.54 Å². The highest BCUT2D eigenvalue weighted by Gasteiger charge is 2.16. The Morgan fingerprint density at radius 3 is 2.64 bits per heavy atom. The molecule has 0 radical (unpaired) electrons. The second-order valence-electron chi connectivity index (χ2n) is 7.54. The van der Waals surface area contributed by atoms with Crippen LogP contribution in [0.25, 0.3) is 21.5 Å². The van der Waals surface area contributed by atoms with Crippen molar-refractivity contribution in [2.45, 2.75) is 13.5 Å². The van der Waals surface area contributed by atoms with Gasteiger partial charge in [0.05, 0.1) is 6.54 Å². The van der Waals surface area contributed by atoms with E-state index in [1.165, 1.54) is 11.3 Å². The number of aromatic nitrogens is 2. The summed E-state index contributed by atoms with van der Waals surface area (Å²) in [5.74, 6) is -0.344. The molecule has 0 aliphatic heterocycles. The molecule has 0 aliphatic rings. The molecule has 1 N–H and O–H groups in total. The van der Waals surface area contributed by atoms with Gasteiger partial charge in [0.1, 0.15) is 16.2 Å². The van der Waals surface area contributed by atoms with Crippen LogP contribution >= 0.6 is 11.3 Å². The fourth-order valence-corrected chi connectivity index (χ4v) is 4.16. The van der Waals surface area contributed by atoms with E-state index in [1.807, 2.05) is 85.8 Å². The maximum absolute atomic E-state index is 13.2. The Hall–Kier alpha value is -4.10. The smallest absolute Gasteiger partial charge is 0.263 e. The average Bonchev–Trinajstić information content (AvgIpc) is 3.31. The Morgan fingerprint density at radius 2 is 1.79 bits per heavy atom. The number of para-hydroxylation sites is 1. The minimum Gasteiger partial charge on any atom is -0.438 e. The van der Waals surface area contributed by atoms with Gasteiger partial charge >= 0.3 is 0 Å². The summed E-state index contributed by atoms with van der Waals surface area (Å²) < 4.78 is 6.00. The van der Waals surface area contributed by atoms with Gasteiger partial charge < -0.3 is 4.42 Å². The van der Waals surface area contributed by atoms with Crippen LogP contribution in [-0.4, -0.2) is 16.1 Å². The van der Waals surface area contributed by atoms with Gasteiger partial charge in [0, 0.05) is 10.9 Å². The van der Waals surface area contributed by atoms with Gasteiger partial charge in [0.2, 0.25) is 10.7 Å². The lowest BCUT2D eigenvalue weighted by Crippen LogP contribution is -2.22. The van der Waals surface area contributed by atoms with E-state index < -0.39 is 0 Å². The molecule has 2 aromatic heterocycles. The van der Waals surface area contributed by atoms with Crippen molar-refractivity contribution >= 4 is 33.3 Å². The number of hydrogen-bond donors (Lipinski definition) is 1. The number of nitrogens with one attached hydrogen (secondary N) is 1. The Balaban J connectivity index is 1.47. The summed E-state index contributed by atoms with van der Waals surface area (Å²) in [5.41, 5.74) is 4.41. The lowest BCUT2D eigenvalue weighted by molar-refractivity contribution is 0.102. The number of carbonyl (C=O) groups excluding carboxylic acids is 1. The third-order valence-electron chi connectivity index (χ3n) is 5.06. The molecule has 33 heavy (non-hydrogen) atoms. The topological polar surface area (TPSA) is 80.4 Å². The summed E-state index contributed by atoms with van der Waals surface area (Å²) in [7, 11) is 0. The number of rotatable bonds is 5. The zero-order chi connectivity index (χ0) is 22.6. The predicted molar refractivity (Wildman–Crippen MR) is 130 cm³/mol. The van der Waals surface area contributed by atoms with Crippen LogP contribution in [0.15, 0.2) is 94.3 Å². The zero-order valence-electron chi connectivity index (χ0n) is 17.9. The number of nitrogens with zero attached hydrogens (tertiary/aromatic N) is 3. The summed E-state index contributed by atoms with van der Waals surface area (Å²) in [5, 5.41) is 13.2. The maximum atomic E-state index is 13.2. The third-order valence-corrected chi connectivity index (χ3v) is 5.95. The SMILES string of the molecule is Cc1cccc(-c2nnc(NC(=O)c3cc4ccccc4oc3=NCc3ccccc3)s2)c1. The van der Waals surface area contributed by atoms with Crippen molar-refractivity contribution in [2.24, 2.45) is 4.99 Å². The molecule has 0 spiro atoms. The minimum atomic E-state index is -0.344. The van der Waals surface area contributed by atoms with Crippen molar-refractivity contribution in [1.82, 2.24) is 10.2 Å². The van der Waals surface area contributed by atoms with Gasteiger partial charge in [-0.3, -0.25) is 10.1 Å². The molecule has 0 bridgehead atoms. The molecule has 7 heteroatoms. The second kappa shape index (κ2) is 9.18. The number of aryl methyl sites for hydroxylation is 1. The van der Waals surface area contributed by atoms with E-state index in [-0.39, 0.29) is 11.5 Å². The molecular weight excluding hydrogens is 432 g/mol. The number of carbonyl (C=O) groups is 1. The van der Waals surface area contributed by atoms with Crippen molar-refractivity contribution in [2.75, 3.05) is 5.32 Å². The highest BCUT2D eigenvalue weighted by atomic mass is 32.1. The summed E-state index contributed by atoms with van der Waals surface area (Å²) >= 11 is 1.32. The van der Waals surface area contributed by atoms with Crippen LogP contribution in [0, 0.1) is 6.92 Å². The van der Waals surface area contributed by atoms with Crippen LogP contribution in [0.1, 0.15) is 21.5 Å². The summed E-state index contributed by atoms with van der Waals surface area (Å²) in [6.07, 6.45) is 0. The van der Waals surface area contributed by atoms with Gasteiger partial charge in [0.25, 0.3) is 5.91 Å². The first-order chi connectivity index (χ1) is 16.2.